The van der Waals surface area contributed by atoms with E-state index in [4.69, 9.17) is 10.00 Å². The molecule has 0 saturated carbocycles. The highest BCUT2D eigenvalue weighted by molar-refractivity contribution is 8.04. The maximum Gasteiger partial charge on any atom is 0.272 e. The smallest absolute Gasteiger partial charge is 0.272 e. The van der Waals surface area contributed by atoms with Gasteiger partial charge in [0.1, 0.15) is 5.75 Å². The third kappa shape index (κ3) is 4.34. The molecule has 2 aromatic rings. The largest absolute Gasteiger partial charge is 0.494 e. The molecule has 0 saturated heterocycles. The van der Waals surface area contributed by atoms with Crippen molar-refractivity contribution in [3.63, 3.8) is 0 Å². The standard InChI is InChI=1S/C22H20N2O4S/c1-2-12-28-18-9-5-16(6-10-18)19-20(29-13-11-25)22(27)24(21(19)26)17-7-3-15(14-23)4-8-17/h3-10,25H,2,11-13H2,1H3. The van der Waals surface area contributed by atoms with Crippen molar-refractivity contribution in [1.82, 2.24) is 0 Å². The van der Waals surface area contributed by atoms with Gasteiger partial charge in [0.05, 0.1) is 41.0 Å². The minimum absolute atomic E-state index is 0.108. The van der Waals surface area contributed by atoms with Gasteiger partial charge in [0.25, 0.3) is 11.8 Å². The molecule has 0 bridgehead atoms. The van der Waals surface area contributed by atoms with Crippen molar-refractivity contribution in [2.45, 2.75) is 13.3 Å². The molecule has 0 atom stereocenters. The Morgan fingerprint density at radius 1 is 1.07 bits per heavy atom. The third-order valence-electron chi connectivity index (χ3n) is 4.25. The molecule has 0 aliphatic carbocycles. The third-order valence-corrected chi connectivity index (χ3v) is 5.30. The van der Waals surface area contributed by atoms with Crippen molar-refractivity contribution < 1.29 is 19.4 Å². The Balaban J connectivity index is 1.97. The van der Waals surface area contributed by atoms with E-state index in [0.717, 1.165) is 23.1 Å². The lowest BCUT2D eigenvalue weighted by Crippen LogP contribution is -2.31. The van der Waals surface area contributed by atoms with E-state index >= 15 is 0 Å². The number of amides is 2. The van der Waals surface area contributed by atoms with Crippen molar-refractivity contribution in [3.05, 3.63) is 64.6 Å². The van der Waals surface area contributed by atoms with Crippen molar-refractivity contribution in [3.8, 4) is 11.8 Å². The van der Waals surface area contributed by atoms with Gasteiger partial charge in [0.15, 0.2) is 0 Å². The van der Waals surface area contributed by atoms with Crippen LogP contribution < -0.4 is 9.64 Å². The predicted molar refractivity (Wildman–Crippen MR) is 112 cm³/mol. The minimum Gasteiger partial charge on any atom is -0.494 e. The predicted octanol–water partition coefficient (Wildman–Crippen LogP) is 3.36. The summed E-state index contributed by atoms with van der Waals surface area (Å²) in [5.41, 5.74) is 1.77. The summed E-state index contributed by atoms with van der Waals surface area (Å²) in [6.07, 6.45) is 0.890. The molecule has 7 heteroatoms. The summed E-state index contributed by atoms with van der Waals surface area (Å²) in [7, 11) is 0. The van der Waals surface area contributed by atoms with Crippen LogP contribution in [0, 0.1) is 11.3 Å². The van der Waals surface area contributed by atoms with Gasteiger partial charge >= 0.3 is 0 Å². The van der Waals surface area contributed by atoms with Crippen LogP contribution in [0.3, 0.4) is 0 Å². The molecule has 1 N–H and O–H groups in total. The van der Waals surface area contributed by atoms with Crippen LogP contribution in [-0.2, 0) is 9.59 Å². The Hall–Kier alpha value is -3.08. The molecule has 1 aliphatic heterocycles. The maximum absolute atomic E-state index is 13.2. The Kier molecular flexibility index (Phi) is 6.70. The maximum atomic E-state index is 13.2. The van der Waals surface area contributed by atoms with Gasteiger partial charge < -0.3 is 9.84 Å². The first kappa shape index (κ1) is 20.6. The number of nitriles is 1. The van der Waals surface area contributed by atoms with Gasteiger partial charge in [-0.3, -0.25) is 9.59 Å². The lowest BCUT2D eigenvalue weighted by atomic mass is 10.1. The fraction of sp³-hybridized carbons (Fsp3) is 0.227. The fourth-order valence-corrected chi connectivity index (χ4v) is 3.76. The molecule has 1 aliphatic rings. The Morgan fingerprint density at radius 3 is 2.34 bits per heavy atom. The SMILES string of the molecule is CCCOc1ccc(C2=C(SCCO)C(=O)N(c3ccc(C#N)cc3)C2=O)cc1. The molecular formula is C22H20N2O4S. The van der Waals surface area contributed by atoms with Crippen LogP contribution in [0.15, 0.2) is 53.4 Å². The van der Waals surface area contributed by atoms with Crippen molar-refractivity contribution in [2.24, 2.45) is 0 Å². The zero-order valence-electron chi connectivity index (χ0n) is 15.9. The zero-order chi connectivity index (χ0) is 20.8. The Labute approximate surface area is 173 Å². The summed E-state index contributed by atoms with van der Waals surface area (Å²) in [6, 6.07) is 15.4. The molecule has 0 fully saturated rings. The molecule has 148 valence electrons. The molecular weight excluding hydrogens is 388 g/mol. The van der Waals surface area contributed by atoms with Crippen molar-refractivity contribution in [2.75, 3.05) is 23.9 Å². The molecule has 2 aromatic carbocycles. The van der Waals surface area contributed by atoms with Gasteiger partial charge in [-0.05, 0) is 48.4 Å². The van der Waals surface area contributed by atoms with Crippen LogP contribution in [0.4, 0.5) is 5.69 Å². The van der Waals surface area contributed by atoms with Crippen LogP contribution in [-0.4, -0.2) is 35.9 Å². The van der Waals surface area contributed by atoms with Gasteiger partial charge in [-0.2, -0.15) is 5.26 Å². The number of carbonyl (C=O) groups is 2. The normalized spacial score (nSPS) is 13.8. The van der Waals surface area contributed by atoms with E-state index in [9.17, 15) is 14.7 Å². The molecule has 29 heavy (non-hydrogen) atoms. The summed E-state index contributed by atoms with van der Waals surface area (Å²) in [5, 5.41) is 18.2. The van der Waals surface area contributed by atoms with E-state index in [0.29, 0.717) is 45.4 Å². The second-order valence-corrected chi connectivity index (χ2v) is 7.36. The fourth-order valence-electron chi connectivity index (χ4n) is 2.90. The minimum atomic E-state index is -0.431. The number of hydrogen-bond donors (Lipinski definition) is 1. The molecule has 0 spiro atoms. The first-order chi connectivity index (χ1) is 14.1. The average molecular weight is 408 g/mol. The van der Waals surface area contributed by atoms with Gasteiger partial charge in [-0.1, -0.05) is 19.1 Å². The molecule has 6 nitrogen and oxygen atoms in total. The van der Waals surface area contributed by atoms with Gasteiger partial charge in [-0.15, -0.1) is 11.8 Å². The zero-order valence-corrected chi connectivity index (χ0v) is 16.7. The summed E-state index contributed by atoms with van der Waals surface area (Å²) in [4.78, 5) is 27.6. The molecule has 0 radical (unpaired) electrons. The number of hydrogen-bond acceptors (Lipinski definition) is 6. The first-order valence-electron chi connectivity index (χ1n) is 9.20. The van der Waals surface area contributed by atoms with Crippen LogP contribution in [0.25, 0.3) is 5.57 Å². The second-order valence-electron chi connectivity index (χ2n) is 6.25. The lowest BCUT2D eigenvalue weighted by Gasteiger charge is -2.15. The number of thioether (sulfide) groups is 1. The van der Waals surface area contributed by atoms with Gasteiger partial charge in [0.2, 0.25) is 0 Å². The van der Waals surface area contributed by atoms with Crippen molar-refractivity contribution in [1.29, 1.82) is 5.26 Å². The number of benzene rings is 2. The van der Waals surface area contributed by atoms with Crippen LogP contribution in [0.2, 0.25) is 0 Å². The summed E-state index contributed by atoms with van der Waals surface area (Å²) < 4.78 is 5.58. The highest BCUT2D eigenvalue weighted by atomic mass is 32.2. The van der Waals surface area contributed by atoms with E-state index in [1.165, 1.54) is 0 Å². The van der Waals surface area contributed by atoms with Crippen molar-refractivity contribution >= 4 is 34.8 Å². The molecule has 1 heterocycles. The van der Waals surface area contributed by atoms with Crippen LogP contribution in [0.5, 0.6) is 5.75 Å². The van der Waals surface area contributed by atoms with E-state index in [-0.39, 0.29) is 6.61 Å². The average Bonchev–Trinajstić information content (AvgIpc) is 3.00. The molecule has 0 aromatic heterocycles. The van der Waals surface area contributed by atoms with Crippen LogP contribution in [0.1, 0.15) is 24.5 Å². The number of imide groups is 1. The quantitative estimate of drug-likeness (QED) is 0.674. The van der Waals surface area contributed by atoms with Gasteiger partial charge in [-0.25, -0.2) is 4.90 Å². The second kappa shape index (κ2) is 9.41. The van der Waals surface area contributed by atoms with E-state index in [1.54, 1.807) is 48.5 Å². The number of ether oxygens (including phenoxy) is 1. The highest BCUT2D eigenvalue weighted by Crippen LogP contribution is 2.38. The van der Waals surface area contributed by atoms with E-state index < -0.39 is 11.8 Å². The number of anilines is 1. The topological polar surface area (TPSA) is 90.6 Å². The number of rotatable bonds is 8. The number of aliphatic hydroxyl groups excluding tert-OH is 1. The van der Waals surface area contributed by atoms with Crippen LogP contribution >= 0.6 is 11.8 Å². The molecule has 3 rings (SSSR count). The monoisotopic (exact) mass is 408 g/mol. The van der Waals surface area contributed by atoms with E-state index in [2.05, 4.69) is 0 Å². The number of carbonyl (C=O) groups excluding carboxylic acids is 2. The number of nitrogens with zero attached hydrogens (tertiary/aromatic N) is 2. The lowest BCUT2D eigenvalue weighted by molar-refractivity contribution is -0.119. The summed E-state index contributed by atoms with van der Waals surface area (Å²) in [5.74, 6) is 0.139. The summed E-state index contributed by atoms with van der Waals surface area (Å²) >= 11 is 1.16. The van der Waals surface area contributed by atoms with E-state index in [1.807, 2.05) is 13.0 Å². The first-order valence-corrected chi connectivity index (χ1v) is 10.2. The number of aliphatic hydroxyl groups is 1. The highest BCUT2D eigenvalue weighted by Gasteiger charge is 2.40. The summed E-state index contributed by atoms with van der Waals surface area (Å²) in [6.45, 7) is 2.51. The van der Waals surface area contributed by atoms with Gasteiger partial charge in [0, 0.05) is 5.75 Å². The Morgan fingerprint density at radius 2 is 1.76 bits per heavy atom. The molecule has 0 unspecified atom stereocenters. The Bertz CT molecular complexity index is 975. The molecule has 2 amide bonds.